The van der Waals surface area contributed by atoms with Crippen LogP contribution in [0.3, 0.4) is 0 Å². The minimum Gasteiger partial charge on any atom is -0.362 e. The highest BCUT2D eigenvalue weighted by Crippen LogP contribution is 2.30. The molecule has 3 rings (SSSR count). The van der Waals surface area contributed by atoms with Gasteiger partial charge in [-0.25, -0.2) is 22.7 Å². The Kier molecular flexibility index (Phi) is 9.60. The lowest BCUT2D eigenvalue weighted by Gasteiger charge is -2.38. The monoisotopic (exact) mass is 676 g/mol. The number of halogens is 3. The molecule has 3 N–H and O–H groups in total. The van der Waals surface area contributed by atoms with Crippen molar-refractivity contribution in [1.82, 2.24) is 10.4 Å². The largest absolute Gasteiger partial charge is 0.362 e. The topological polar surface area (TPSA) is 117 Å². The van der Waals surface area contributed by atoms with Crippen molar-refractivity contribution in [3.8, 4) is 0 Å². The zero-order valence-electron chi connectivity index (χ0n) is 22.1. The fraction of sp³-hybridized carbons (Fsp3) is 0.385. The molecule has 2 aromatic carbocycles. The van der Waals surface area contributed by atoms with Crippen molar-refractivity contribution in [2.75, 3.05) is 22.8 Å². The first kappa shape index (κ1) is 30.8. The lowest BCUT2D eigenvalue weighted by atomic mass is 9.91. The van der Waals surface area contributed by atoms with Gasteiger partial charge in [0.1, 0.15) is 12.0 Å². The fourth-order valence-electron chi connectivity index (χ4n) is 3.79. The second kappa shape index (κ2) is 12.2. The van der Waals surface area contributed by atoms with Gasteiger partial charge in [-0.1, -0.05) is 18.2 Å². The number of rotatable bonds is 9. The Balaban J connectivity index is 1.99. The number of carbonyl (C=O) groups is 2. The Morgan fingerprint density at radius 1 is 1.15 bits per heavy atom. The molecule has 0 aliphatic carbocycles. The van der Waals surface area contributed by atoms with E-state index in [4.69, 9.17) is 4.84 Å². The highest BCUT2D eigenvalue weighted by Gasteiger charge is 2.39. The summed E-state index contributed by atoms with van der Waals surface area (Å²) in [6, 6.07) is 8.68. The van der Waals surface area contributed by atoms with E-state index < -0.39 is 51.2 Å². The molecule has 212 valence electrons. The number of nitrogens with one attached hydrogen (secondary N) is 3. The van der Waals surface area contributed by atoms with E-state index in [1.165, 1.54) is 55.3 Å². The van der Waals surface area contributed by atoms with Gasteiger partial charge in [-0.3, -0.25) is 19.1 Å². The molecule has 0 aromatic heterocycles. The van der Waals surface area contributed by atoms with E-state index in [1.807, 2.05) is 22.6 Å². The maximum atomic E-state index is 15.2. The fourth-order valence-corrected chi connectivity index (χ4v) is 4.88. The number of hydroxylamine groups is 1. The Bertz CT molecular complexity index is 1400. The SMILES string of the molecule is CCS(=O)(=O)Nc1cccc(CC2=CC(C(=O)NOC(C)(C)C)C(Nc3ccc(I)cc3F)N(C)C2=O)c1F. The molecule has 0 saturated heterocycles. The average molecular weight is 677 g/mol. The van der Waals surface area contributed by atoms with Crippen LogP contribution in [0, 0.1) is 21.1 Å². The number of carbonyl (C=O) groups excluding carboxylic acids is 2. The minimum absolute atomic E-state index is 0.0551. The number of anilines is 2. The summed E-state index contributed by atoms with van der Waals surface area (Å²) >= 11 is 1.97. The zero-order valence-corrected chi connectivity index (χ0v) is 25.1. The second-order valence-electron chi connectivity index (χ2n) is 9.99. The van der Waals surface area contributed by atoms with Crippen molar-refractivity contribution in [3.05, 3.63) is 68.8 Å². The van der Waals surface area contributed by atoms with Gasteiger partial charge in [-0.2, -0.15) is 0 Å². The van der Waals surface area contributed by atoms with Gasteiger partial charge in [0.05, 0.1) is 28.6 Å². The summed E-state index contributed by atoms with van der Waals surface area (Å²) in [5.41, 5.74) is 1.69. The highest BCUT2D eigenvalue weighted by atomic mass is 127. The van der Waals surface area contributed by atoms with Gasteiger partial charge in [-0.15, -0.1) is 0 Å². The number of likely N-dealkylation sites (N-methyl/N-ethyl adjacent to an activating group) is 1. The summed E-state index contributed by atoms with van der Waals surface area (Å²) in [6.45, 7) is 6.64. The maximum absolute atomic E-state index is 15.2. The smallest absolute Gasteiger partial charge is 0.254 e. The van der Waals surface area contributed by atoms with Gasteiger partial charge < -0.3 is 10.2 Å². The van der Waals surface area contributed by atoms with Crippen LogP contribution in [0.1, 0.15) is 33.3 Å². The number of hydrogen-bond donors (Lipinski definition) is 3. The molecule has 0 radical (unpaired) electrons. The van der Waals surface area contributed by atoms with Gasteiger partial charge in [0.15, 0.2) is 5.82 Å². The van der Waals surface area contributed by atoms with Crippen molar-refractivity contribution in [1.29, 1.82) is 0 Å². The second-order valence-corrected chi connectivity index (χ2v) is 13.2. The van der Waals surface area contributed by atoms with Crippen molar-refractivity contribution < 1.29 is 31.6 Å². The molecule has 1 heterocycles. The summed E-state index contributed by atoms with van der Waals surface area (Å²) in [7, 11) is -2.28. The normalized spacial score (nSPS) is 18.0. The van der Waals surface area contributed by atoms with Crippen molar-refractivity contribution in [2.24, 2.45) is 5.92 Å². The van der Waals surface area contributed by atoms with E-state index in [1.54, 1.807) is 26.8 Å². The van der Waals surface area contributed by atoms with Crippen LogP contribution in [0.15, 0.2) is 48.0 Å². The predicted molar refractivity (Wildman–Crippen MR) is 153 cm³/mol. The van der Waals surface area contributed by atoms with Crippen LogP contribution in [-0.2, 0) is 30.9 Å². The summed E-state index contributed by atoms with van der Waals surface area (Å²) in [4.78, 5) is 33.3. The number of hydrogen-bond acceptors (Lipinski definition) is 6. The first-order chi connectivity index (χ1) is 18.1. The van der Waals surface area contributed by atoms with Gasteiger partial charge in [0.2, 0.25) is 10.0 Å². The van der Waals surface area contributed by atoms with Crippen LogP contribution < -0.4 is 15.5 Å². The summed E-state index contributed by atoms with van der Waals surface area (Å²) in [5, 5.41) is 2.94. The molecule has 9 nitrogen and oxygen atoms in total. The third kappa shape index (κ3) is 7.88. The molecule has 39 heavy (non-hydrogen) atoms. The lowest BCUT2D eigenvalue weighted by Crippen LogP contribution is -2.55. The van der Waals surface area contributed by atoms with E-state index >= 15 is 4.39 Å². The van der Waals surface area contributed by atoms with Crippen LogP contribution in [0.2, 0.25) is 0 Å². The first-order valence-corrected chi connectivity index (χ1v) is 14.8. The predicted octanol–water partition coefficient (Wildman–Crippen LogP) is 4.17. The van der Waals surface area contributed by atoms with Gasteiger partial charge in [-0.05, 0) is 80.1 Å². The number of amides is 2. The highest BCUT2D eigenvalue weighted by molar-refractivity contribution is 14.1. The Morgan fingerprint density at radius 2 is 1.85 bits per heavy atom. The van der Waals surface area contributed by atoms with E-state index in [0.717, 1.165) is 0 Å². The molecule has 0 fully saturated rings. The van der Waals surface area contributed by atoms with Crippen molar-refractivity contribution in [2.45, 2.75) is 45.9 Å². The van der Waals surface area contributed by atoms with Gasteiger partial charge >= 0.3 is 0 Å². The molecule has 1 aliphatic rings. The van der Waals surface area contributed by atoms with Crippen LogP contribution in [0.5, 0.6) is 0 Å². The quantitative estimate of drug-likeness (QED) is 0.271. The van der Waals surface area contributed by atoms with Crippen LogP contribution in [0.4, 0.5) is 20.2 Å². The molecule has 1 aliphatic heterocycles. The van der Waals surface area contributed by atoms with E-state index in [-0.39, 0.29) is 34.7 Å². The molecule has 0 spiro atoms. The number of nitrogens with zero attached hydrogens (tertiary/aromatic N) is 1. The third-order valence-corrected chi connectivity index (χ3v) is 7.80. The molecule has 2 unspecified atom stereocenters. The number of benzene rings is 2. The third-order valence-electron chi connectivity index (χ3n) is 5.83. The molecular formula is C26H31F2IN4O5S. The molecule has 0 bridgehead atoms. The molecule has 2 amide bonds. The number of sulfonamides is 1. The molecule has 0 saturated carbocycles. The Labute approximate surface area is 240 Å². The molecule has 2 atom stereocenters. The molecule has 13 heteroatoms. The average Bonchev–Trinajstić information content (AvgIpc) is 2.85. The van der Waals surface area contributed by atoms with E-state index in [2.05, 4.69) is 15.5 Å². The van der Waals surface area contributed by atoms with Crippen molar-refractivity contribution >= 4 is 55.8 Å². The van der Waals surface area contributed by atoms with Crippen LogP contribution >= 0.6 is 22.6 Å². The summed E-state index contributed by atoms with van der Waals surface area (Å²) in [5.74, 6) is -3.80. The standard InChI is InChI=1S/C26H31F2IN4O5S/c1-6-39(36,37)32-21-9-7-8-15(22(21)28)12-16-13-18(24(34)31-38-26(2,3)4)23(33(5)25(16)35)30-20-11-10-17(29)14-19(20)27/h7-11,13-14,18,23,30,32H,6,12H2,1-5H3,(H,31,34). The van der Waals surface area contributed by atoms with E-state index in [0.29, 0.717) is 3.57 Å². The summed E-state index contributed by atoms with van der Waals surface area (Å²) in [6.07, 6.45) is 0.186. The Hall–Kier alpha value is -2.78. The zero-order chi connectivity index (χ0) is 29.1. The minimum atomic E-state index is -3.73. The maximum Gasteiger partial charge on any atom is 0.254 e. The Morgan fingerprint density at radius 3 is 2.46 bits per heavy atom. The lowest BCUT2D eigenvalue weighted by molar-refractivity contribution is -0.151. The van der Waals surface area contributed by atoms with Gasteiger partial charge in [0, 0.05) is 22.6 Å². The van der Waals surface area contributed by atoms with Gasteiger partial charge in [0.25, 0.3) is 11.8 Å². The summed E-state index contributed by atoms with van der Waals surface area (Å²) < 4.78 is 56.7. The molecule has 2 aromatic rings. The van der Waals surface area contributed by atoms with E-state index in [9.17, 15) is 22.4 Å². The first-order valence-electron chi connectivity index (χ1n) is 12.1. The van der Waals surface area contributed by atoms with Crippen molar-refractivity contribution in [3.63, 3.8) is 0 Å². The van der Waals surface area contributed by atoms with Crippen LogP contribution in [0.25, 0.3) is 0 Å². The molecular weight excluding hydrogens is 645 g/mol. The van der Waals surface area contributed by atoms with Crippen LogP contribution in [-0.4, -0.2) is 49.7 Å².